The number of carboxylic acid groups (broad SMARTS) is 1. The molecule has 0 saturated carbocycles. The van der Waals surface area contributed by atoms with Crippen molar-refractivity contribution in [1.82, 2.24) is 10.2 Å². The minimum absolute atomic E-state index is 0.335. The maximum absolute atomic E-state index is 10.8. The van der Waals surface area contributed by atoms with Crippen LogP contribution in [0.4, 0.5) is 5.69 Å². The fraction of sp³-hybridized carbons (Fsp3) is 0.0769. The van der Waals surface area contributed by atoms with Gasteiger partial charge < -0.3 is 10.4 Å². The lowest BCUT2D eigenvalue weighted by Gasteiger charge is -2.05. The molecule has 96 valence electrons. The first-order chi connectivity index (χ1) is 9.24. The Labute approximate surface area is 112 Å². The number of carbonyl (C=O) groups is 1. The van der Waals surface area contributed by atoms with Gasteiger partial charge in [0.1, 0.15) is 0 Å². The number of nitrogens with one attached hydrogen (secondary N) is 2. The summed E-state index contributed by atoms with van der Waals surface area (Å²) in [5, 5.41) is 21.8. The van der Waals surface area contributed by atoms with E-state index in [1.807, 2.05) is 18.2 Å². The van der Waals surface area contributed by atoms with Crippen molar-refractivity contribution in [2.24, 2.45) is 0 Å². The average molecular weight is 273 g/mol. The lowest BCUT2D eigenvalue weighted by atomic mass is 10.2. The number of rotatable bonds is 4. The van der Waals surface area contributed by atoms with Crippen molar-refractivity contribution in [2.45, 2.75) is 6.54 Å². The van der Waals surface area contributed by atoms with E-state index in [2.05, 4.69) is 15.5 Å². The maximum Gasteiger partial charge on any atom is 0.336 e. The molecule has 3 aromatic rings. The van der Waals surface area contributed by atoms with Crippen molar-refractivity contribution in [1.29, 1.82) is 0 Å². The third-order valence-corrected chi connectivity index (χ3v) is 3.77. The van der Waals surface area contributed by atoms with Crippen molar-refractivity contribution in [3.8, 4) is 0 Å². The third kappa shape index (κ3) is 2.30. The Morgan fingerprint density at radius 2 is 2.37 bits per heavy atom. The lowest BCUT2D eigenvalue weighted by molar-refractivity contribution is 0.0697. The molecule has 2 aromatic heterocycles. The molecule has 0 aliphatic heterocycles. The van der Waals surface area contributed by atoms with Crippen LogP contribution < -0.4 is 5.32 Å². The van der Waals surface area contributed by atoms with E-state index in [1.165, 1.54) is 11.3 Å². The van der Waals surface area contributed by atoms with Gasteiger partial charge in [-0.2, -0.15) is 5.10 Å². The maximum atomic E-state index is 10.8. The monoisotopic (exact) mass is 273 g/mol. The standard InChI is InChI=1S/C13H11N3O2S/c17-13(18)9-4-10(19-7-9)6-14-11-3-1-2-8-5-15-16-12(8)11/h1-5,7,14H,6H2,(H,15,16)(H,17,18). The molecule has 0 radical (unpaired) electrons. The summed E-state index contributed by atoms with van der Waals surface area (Å²) in [6, 6.07) is 7.59. The Morgan fingerprint density at radius 3 is 3.16 bits per heavy atom. The Bertz CT molecular complexity index is 732. The molecule has 0 saturated heterocycles. The molecule has 0 atom stereocenters. The van der Waals surface area contributed by atoms with Gasteiger partial charge in [-0.25, -0.2) is 4.79 Å². The van der Waals surface area contributed by atoms with Crippen LogP contribution in [0.1, 0.15) is 15.2 Å². The number of para-hydroxylation sites is 1. The molecule has 0 aliphatic rings. The summed E-state index contributed by atoms with van der Waals surface area (Å²) >= 11 is 1.44. The average Bonchev–Trinajstić information content (AvgIpc) is 3.05. The van der Waals surface area contributed by atoms with Crippen LogP contribution >= 0.6 is 11.3 Å². The van der Waals surface area contributed by atoms with Crippen molar-refractivity contribution >= 4 is 33.9 Å². The highest BCUT2D eigenvalue weighted by atomic mass is 32.1. The summed E-state index contributed by atoms with van der Waals surface area (Å²) in [5.74, 6) is -0.891. The SMILES string of the molecule is O=C(O)c1csc(CNc2cccc3cn[nH]c23)c1. The van der Waals surface area contributed by atoms with Crippen molar-refractivity contribution in [3.63, 3.8) is 0 Å². The van der Waals surface area contributed by atoms with Crippen LogP contribution in [0.25, 0.3) is 10.9 Å². The molecule has 0 fully saturated rings. The highest BCUT2D eigenvalue weighted by Gasteiger charge is 2.07. The first-order valence-electron chi connectivity index (χ1n) is 5.71. The Hall–Kier alpha value is -2.34. The molecular formula is C13H11N3O2S. The summed E-state index contributed by atoms with van der Waals surface area (Å²) in [4.78, 5) is 11.8. The molecule has 19 heavy (non-hydrogen) atoms. The fourth-order valence-corrected chi connectivity index (χ4v) is 2.68. The van der Waals surface area contributed by atoms with E-state index in [0.29, 0.717) is 12.1 Å². The largest absolute Gasteiger partial charge is 0.478 e. The molecule has 0 unspecified atom stereocenters. The molecule has 1 aromatic carbocycles. The van der Waals surface area contributed by atoms with E-state index in [4.69, 9.17) is 5.11 Å². The molecule has 3 N–H and O–H groups in total. The number of benzene rings is 1. The van der Waals surface area contributed by atoms with Gasteiger partial charge in [0.2, 0.25) is 0 Å². The number of fused-ring (bicyclic) bond motifs is 1. The van der Waals surface area contributed by atoms with Crippen molar-refractivity contribution in [2.75, 3.05) is 5.32 Å². The van der Waals surface area contributed by atoms with Gasteiger partial charge in [-0.3, -0.25) is 5.10 Å². The topological polar surface area (TPSA) is 78.0 Å². The quantitative estimate of drug-likeness (QED) is 0.683. The van der Waals surface area contributed by atoms with E-state index in [9.17, 15) is 4.79 Å². The van der Waals surface area contributed by atoms with Crippen LogP contribution in [0.3, 0.4) is 0 Å². The van der Waals surface area contributed by atoms with Crippen LogP contribution in [0, 0.1) is 0 Å². The first kappa shape index (κ1) is 11.7. The number of anilines is 1. The van der Waals surface area contributed by atoms with Gasteiger partial charge >= 0.3 is 5.97 Å². The van der Waals surface area contributed by atoms with Crippen LogP contribution in [-0.2, 0) is 6.54 Å². The second-order valence-corrected chi connectivity index (χ2v) is 5.10. The van der Waals surface area contributed by atoms with Gasteiger partial charge in [0, 0.05) is 22.2 Å². The molecule has 2 heterocycles. The predicted octanol–water partition coefficient (Wildman–Crippen LogP) is 2.93. The number of nitrogens with zero attached hydrogens (tertiary/aromatic N) is 1. The number of hydrogen-bond donors (Lipinski definition) is 3. The summed E-state index contributed by atoms with van der Waals surface area (Å²) in [5.41, 5.74) is 2.25. The number of aromatic nitrogens is 2. The van der Waals surface area contributed by atoms with E-state index in [-0.39, 0.29) is 0 Å². The number of carboxylic acids is 1. The Morgan fingerprint density at radius 1 is 1.47 bits per heavy atom. The highest BCUT2D eigenvalue weighted by Crippen LogP contribution is 2.22. The summed E-state index contributed by atoms with van der Waals surface area (Å²) in [6.07, 6.45) is 1.77. The van der Waals surface area contributed by atoms with E-state index < -0.39 is 5.97 Å². The number of aromatic carboxylic acids is 1. The Kier molecular flexibility index (Phi) is 2.92. The third-order valence-electron chi connectivity index (χ3n) is 2.83. The zero-order valence-corrected chi connectivity index (χ0v) is 10.7. The molecule has 3 rings (SSSR count). The van der Waals surface area contributed by atoms with Gasteiger partial charge in [-0.15, -0.1) is 11.3 Å². The molecule has 0 aliphatic carbocycles. The van der Waals surface area contributed by atoms with Crippen LogP contribution in [0.15, 0.2) is 35.8 Å². The lowest BCUT2D eigenvalue weighted by Crippen LogP contribution is -1.98. The van der Waals surface area contributed by atoms with Gasteiger partial charge in [0.05, 0.1) is 23.0 Å². The summed E-state index contributed by atoms with van der Waals surface area (Å²) < 4.78 is 0. The van der Waals surface area contributed by atoms with Gasteiger partial charge in [-0.1, -0.05) is 12.1 Å². The van der Waals surface area contributed by atoms with Crippen LogP contribution in [-0.4, -0.2) is 21.3 Å². The summed E-state index contributed by atoms with van der Waals surface area (Å²) in [6.45, 7) is 0.593. The molecule has 0 spiro atoms. The van der Waals surface area contributed by atoms with E-state index in [1.54, 1.807) is 17.6 Å². The van der Waals surface area contributed by atoms with Crippen LogP contribution in [0.5, 0.6) is 0 Å². The molecule has 0 bridgehead atoms. The van der Waals surface area contributed by atoms with Crippen molar-refractivity contribution in [3.05, 3.63) is 46.3 Å². The second kappa shape index (κ2) is 4.74. The zero-order chi connectivity index (χ0) is 13.2. The first-order valence-corrected chi connectivity index (χ1v) is 6.58. The van der Waals surface area contributed by atoms with Crippen molar-refractivity contribution < 1.29 is 9.90 Å². The van der Waals surface area contributed by atoms with Gasteiger partial charge in [0.25, 0.3) is 0 Å². The number of aromatic amines is 1. The second-order valence-electron chi connectivity index (χ2n) is 4.10. The Balaban J connectivity index is 1.78. The van der Waals surface area contributed by atoms with Gasteiger partial charge in [-0.05, 0) is 12.1 Å². The molecule has 6 heteroatoms. The number of thiophene rings is 1. The predicted molar refractivity (Wildman–Crippen MR) is 74.7 cm³/mol. The molecule has 5 nitrogen and oxygen atoms in total. The van der Waals surface area contributed by atoms with E-state index in [0.717, 1.165) is 21.5 Å². The minimum Gasteiger partial charge on any atom is -0.478 e. The number of hydrogen-bond acceptors (Lipinski definition) is 4. The molecule has 0 amide bonds. The zero-order valence-electron chi connectivity index (χ0n) is 9.88. The number of H-pyrrole nitrogens is 1. The normalized spacial score (nSPS) is 10.7. The summed E-state index contributed by atoms with van der Waals surface area (Å²) in [7, 11) is 0. The fourth-order valence-electron chi connectivity index (χ4n) is 1.88. The van der Waals surface area contributed by atoms with Gasteiger partial charge in [0.15, 0.2) is 0 Å². The molecular weight excluding hydrogens is 262 g/mol. The van der Waals surface area contributed by atoms with Crippen LogP contribution in [0.2, 0.25) is 0 Å². The van der Waals surface area contributed by atoms with E-state index >= 15 is 0 Å². The smallest absolute Gasteiger partial charge is 0.336 e. The minimum atomic E-state index is -0.891. The highest BCUT2D eigenvalue weighted by molar-refractivity contribution is 7.10.